The number of rotatable bonds is 1. The van der Waals surface area contributed by atoms with Gasteiger partial charge < -0.3 is 0 Å². The van der Waals surface area contributed by atoms with Crippen molar-refractivity contribution in [3.63, 3.8) is 0 Å². The highest BCUT2D eigenvalue weighted by Gasteiger charge is 2.29. The summed E-state index contributed by atoms with van der Waals surface area (Å²) in [5.41, 5.74) is 1.43. The van der Waals surface area contributed by atoms with Crippen LogP contribution in [0.15, 0.2) is 0 Å². The molecule has 0 radical (unpaired) electrons. The van der Waals surface area contributed by atoms with Gasteiger partial charge in [0.15, 0.2) is 0 Å². The first-order valence-corrected chi connectivity index (χ1v) is 7.89. The van der Waals surface area contributed by atoms with E-state index in [-0.39, 0.29) is 0 Å². The number of aryl methyl sites for hydroxylation is 1. The van der Waals surface area contributed by atoms with Crippen LogP contribution in [-0.4, -0.2) is 9.97 Å². The van der Waals surface area contributed by atoms with Crippen LogP contribution in [0, 0.1) is 5.92 Å². The summed E-state index contributed by atoms with van der Waals surface area (Å²) in [6, 6.07) is 0. The molecular formula is C14H15ClN2S. The standard InChI is InChI=1S/C14H15ClN2S/c1-7-2-5-9-10(6-7)18-14-11(9)12(15)16-13(17-14)8-3-4-8/h7-8H,2-6H2,1H3. The molecule has 1 atom stereocenters. The maximum absolute atomic E-state index is 6.40. The molecule has 18 heavy (non-hydrogen) atoms. The first-order chi connectivity index (χ1) is 8.72. The van der Waals surface area contributed by atoms with Crippen molar-refractivity contribution in [1.82, 2.24) is 9.97 Å². The Morgan fingerprint density at radius 3 is 2.83 bits per heavy atom. The molecule has 0 spiro atoms. The van der Waals surface area contributed by atoms with Crippen LogP contribution in [-0.2, 0) is 12.8 Å². The fourth-order valence-corrected chi connectivity index (χ4v) is 4.57. The summed E-state index contributed by atoms with van der Waals surface area (Å²) < 4.78 is 0. The van der Waals surface area contributed by atoms with Gasteiger partial charge in [-0.15, -0.1) is 11.3 Å². The molecule has 2 heterocycles. The van der Waals surface area contributed by atoms with Crippen LogP contribution in [0.1, 0.15) is 48.4 Å². The Hall–Kier alpha value is -0.670. The van der Waals surface area contributed by atoms with Crippen molar-refractivity contribution in [2.24, 2.45) is 5.92 Å². The SMILES string of the molecule is CC1CCc2c(sc3nc(C4CC4)nc(Cl)c23)C1. The molecule has 0 N–H and O–H groups in total. The molecule has 2 aliphatic carbocycles. The molecule has 1 fully saturated rings. The second-order valence-electron chi connectivity index (χ2n) is 5.68. The zero-order chi connectivity index (χ0) is 12.3. The minimum Gasteiger partial charge on any atom is -0.222 e. The van der Waals surface area contributed by atoms with Crippen LogP contribution in [0.4, 0.5) is 0 Å². The molecule has 1 unspecified atom stereocenters. The Labute approximate surface area is 115 Å². The largest absolute Gasteiger partial charge is 0.222 e. The Bertz CT molecular complexity index is 630. The van der Waals surface area contributed by atoms with E-state index in [0.717, 1.165) is 28.4 Å². The molecule has 0 amide bonds. The monoisotopic (exact) mass is 278 g/mol. The van der Waals surface area contributed by atoms with Crippen molar-refractivity contribution < 1.29 is 0 Å². The highest BCUT2D eigenvalue weighted by atomic mass is 35.5. The third kappa shape index (κ3) is 1.68. The molecule has 2 aromatic heterocycles. The van der Waals surface area contributed by atoms with Crippen LogP contribution in [0.2, 0.25) is 5.15 Å². The Kier molecular flexibility index (Phi) is 2.43. The lowest BCUT2D eigenvalue weighted by molar-refractivity contribution is 0.509. The van der Waals surface area contributed by atoms with Gasteiger partial charge in [-0.3, -0.25) is 0 Å². The third-order valence-electron chi connectivity index (χ3n) is 4.07. The van der Waals surface area contributed by atoms with Gasteiger partial charge in [0.1, 0.15) is 15.8 Å². The molecule has 2 aromatic rings. The zero-order valence-electron chi connectivity index (χ0n) is 10.4. The van der Waals surface area contributed by atoms with E-state index in [1.807, 2.05) is 11.3 Å². The van der Waals surface area contributed by atoms with Crippen LogP contribution in [0.3, 0.4) is 0 Å². The van der Waals surface area contributed by atoms with Gasteiger partial charge in [-0.25, -0.2) is 9.97 Å². The van der Waals surface area contributed by atoms with E-state index in [4.69, 9.17) is 16.6 Å². The van der Waals surface area contributed by atoms with Gasteiger partial charge in [0, 0.05) is 10.8 Å². The van der Waals surface area contributed by atoms with Crippen LogP contribution in [0.5, 0.6) is 0 Å². The van der Waals surface area contributed by atoms with Gasteiger partial charge in [-0.2, -0.15) is 0 Å². The van der Waals surface area contributed by atoms with E-state index < -0.39 is 0 Å². The second kappa shape index (κ2) is 3.91. The Morgan fingerprint density at radius 2 is 2.06 bits per heavy atom. The summed E-state index contributed by atoms with van der Waals surface area (Å²) in [5.74, 6) is 2.34. The van der Waals surface area contributed by atoms with Crippen molar-refractivity contribution in [2.45, 2.75) is 44.9 Å². The molecule has 0 bridgehead atoms. The van der Waals surface area contributed by atoms with Gasteiger partial charge in [0.25, 0.3) is 0 Å². The van der Waals surface area contributed by atoms with Gasteiger partial charge in [0.05, 0.1) is 5.39 Å². The number of hydrogen-bond donors (Lipinski definition) is 0. The van der Waals surface area contributed by atoms with Gasteiger partial charge in [-0.05, 0) is 43.6 Å². The molecule has 1 saturated carbocycles. The first kappa shape index (κ1) is 11.2. The van der Waals surface area contributed by atoms with Crippen molar-refractivity contribution in [3.8, 4) is 0 Å². The van der Waals surface area contributed by atoms with Gasteiger partial charge in [0.2, 0.25) is 0 Å². The number of thiophene rings is 1. The molecule has 0 aromatic carbocycles. The lowest BCUT2D eigenvalue weighted by atomic mass is 9.89. The smallest absolute Gasteiger partial charge is 0.141 e. The Morgan fingerprint density at radius 1 is 1.22 bits per heavy atom. The summed E-state index contributed by atoms with van der Waals surface area (Å²) in [6.07, 6.45) is 6.04. The molecule has 4 rings (SSSR count). The molecule has 0 aliphatic heterocycles. The average molecular weight is 279 g/mol. The van der Waals surface area contributed by atoms with Crippen molar-refractivity contribution in [3.05, 3.63) is 21.4 Å². The van der Waals surface area contributed by atoms with E-state index in [1.54, 1.807) is 0 Å². The zero-order valence-corrected chi connectivity index (χ0v) is 11.9. The molecule has 4 heteroatoms. The minimum absolute atomic E-state index is 0.574. The predicted molar refractivity (Wildman–Crippen MR) is 75.6 cm³/mol. The van der Waals surface area contributed by atoms with Crippen molar-refractivity contribution in [2.75, 3.05) is 0 Å². The topological polar surface area (TPSA) is 25.8 Å². The van der Waals surface area contributed by atoms with Crippen molar-refractivity contribution >= 4 is 33.2 Å². The molecule has 2 nitrogen and oxygen atoms in total. The summed E-state index contributed by atoms with van der Waals surface area (Å²) in [5, 5.41) is 1.84. The maximum Gasteiger partial charge on any atom is 0.141 e. The number of hydrogen-bond acceptors (Lipinski definition) is 3. The van der Waals surface area contributed by atoms with Gasteiger partial charge >= 0.3 is 0 Å². The molecule has 94 valence electrons. The summed E-state index contributed by atoms with van der Waals surface area (Å²) in [6.45, 7) is 2.33. The average Bonchev–Trinajstić information content (AvgIpc) is 3.10. The summed E-state index contributed by atoms with van der Waals surface area (Å²) >= 11 is 8.25. The van der Waals surface area contributed by atoms with Crippen molar-refractivity contribution in [1.29, 1.82) is 0 Å². The normalized spacial score (nSPS) is 23.3. The number of halogens is 1. The summed E-state index contributed by atoms with van der Waals surface area (Å²) in [4.78, 5) is 11.9. The molecule has 0 saturated heterocycles. The summed E-state index contributed by atoms with van der Waals surface area (Å²) in [7, 11) is 0. The van der Waals surface area contributed by atoms with E-state index in [0.29, 0.717) is 11.1 Å². The number of nitrogens with zero attached hydrogens (tertiary/aromatic N) is 2. The maximum atomic E-state index is 6.40. The van der Waals surface area contributed by atoms with E-state index in [1.165, 1.54) is 36.1 Å². The second-order valence-corrected chi connectivity index (χ2v) is 7.12. The van der Waals surface area contributed by atoms with E-state index in [2.05, 4.69) is 11.9 Å². The third-order valence-corrected chi connectivity index (χ3v) is 5.49. The fraction of sp³-hybridized carbons (Fsp3) is 0.571. The van der Waals surface area contributed by atoms with E-state index in [9.17, 15) is 0 Å². The quantitative estimate of drug-likeness (QED) is 0.725. The number of aromatic nitrogens is 2. The van der Waals surface area contributed by atoms with Crippen LogP contribution < -0.4 is 0 Å². The van der Waals surface area contributed by atoms with E-state index >= 15 is 0 Å². The van der Waals surface area contributed by atoms with Gasteiger partial charge in [-0.1, -0.05) is 18.5 Å². The fourth-order valence-electron chi connectivity index (χ4n) is 2.84. The molecular weight excluding hydrogens is 264 g/mol. The highest BCUT2D eigenvalue weighted by molar-refractivity contribution is 7.19. The van der Waals surface area contributed by atoms with Crippen LogP contribution in [0.25, 0.3) is 10.2 Å². The predicted octanol–water partition coefficient (Wildman–Crippen LogP) is 4.35. The number of fused-ring (bicyclic) bond motifs is 3. The first-order valence-electron chi connectivity index (χ1n) is 6.70. The minimum atomic E-state index is 0.574. The lowest BCUT2D eigenvalue weighted by Crippen LogP contribution is -2.08. The van der Waals surface area contributed by atoms with Crippen LogP contribution >= 0.6 is 22.9 Å². The molecule has 2 aliphatic rings. The Balaban J connectivity index is 1.92. The lowest BCUT2D eigenvalue weighted by Gasteiger charge is -2.17. The highest BCUT2D eigenvalue weighted by Crippen LogP contribution is 2.43.